The molecule has 0 spiro atoms. The van der Waals surface area contributed by atoms with Crippen LogP contribution in [0.25, 0.3) is 11.2 Å². The van der Waals surface area contributed by atoms with Gasteiger partial charge in [-0.05, 0) is 62.2 Å². The molecule has 0 radical (unpaired) electrons. The lowest BCUT2D eigenvalue weighted by atomic mass is 10.0. The lowest BCUT2D eigenvalue weighted by Crippen LogP contribution is -2.21. The molecule has 3 aromatic heterocycles. The van der Waals surface area contributed by atoms with Gasteiger partial charge in [-0.1, -0.05) is 36.9 Å². The highest BCUT2D eigenvalue weighted by Crippen LogP contribution is 2.28. The number of amides is 1. The van der Waals surface area contributed by atoms with Gasteiger partial charge in [0.15, 0.2) is 17.0 Å². The molecule has 1 aromatic carbocycles. The summed E-state index contributed by atoms with van der Waals surface area (Å²) in [5, 5.41) is 10.1. The lowest BCUT2D eigenvalue weighted by Gasteiger charge is -2.24. The zero-order chi connectivity index (χ0) is 27.6. The van der Waals surface area contributed by atoms with Crippen LogP contribution in [0, 0.1) is 5.92 Å². The average Bonchev–Trinajstić information content (AvgIpc) is 3.70. The third-order valence-electron chi connectivity index (χ3n) is 6.39. The van der Waals surface area contributed by atoms with Crippen molar-refractivity contribution >= 4 is 46.3 Å². The molecule has 0 unspecified atom stereocenters. The summed E-state index contributed by atoms with van der Waals surface area (Å²) in [6.45, 7) is 9.35. The Hall–Kier alpha value is -3.86. The maximum absolute atomic E-state index is 9.47. The van der Waals surface area contributed by atoms with Crippen molar-refractivity contribution in [1.82, 2.24) is 29.7 Å². The minimum atomic E-state index is -0.481. The van der Waals surface area contributed by atoms with E-state index >= 15 is 0 Å². The van der Waals surface area contributed by atoms with Crippen LogP contribution >= 0.6 is 11.8 Å². The number of anilines is 3. The number of nitrogens with one attached hydrogen (secondary N) is 2. The summed E-state index contributed by atoms with van der Waals surface area (Å²) in [6, 6.07) is 11.1. The third-order valence-corrected chi connectivity index (χ3v) is 7.81. The first-order chi connectivity index (χ1) is 18.9. The molecular weight excluding hydrogens is 510 g/mol. The van der Waals surface area contributed by atoms with Gasteiger partial charge >= 0.3 is 0 Å². The van der Waals surface area contributed by atoms with Crippen molar-refractivity contribution in [1.29, 1.82) is 0 Å². The van der Waals surface area contributed by atoms with Gasteiger partial charge in [-0.2, -0.15) is 26.8 Å². The number of carbonyl (C=O) groups excluding carboxylic acids is 1. The number of primary amides is 1. The third kappa shape index (κ3) is 7.82. The van der Waals surface area contributed by atoms with E-state index in [0.29, 0.717) is 6.04 Å². The molecule has 206 valence electrons. The Morgan fingerprint density at radius 3 is 2.51 bits per heavy atom. The van der Waals surface area contributed by atoms with E-state index in [1.165, 1.54) is 36.3 Å². The van der Waals surface area contributed by atoms with E-state index in [0.717, 1.165) is 53.7 Å². The summed E-state index contributed by atoms with van der Waals surface area (Å²) in [7, 11) is 0. The number of thioether (sulfide) groups is 1. The number of rotatable bonds is 7. The predicted molar refractivity (Wildman–Crippen MR) is 159 cm³/mol. The maximum Gasteiger partial charge on any atom is 0.240 e. The summed E-state index contributed by atoms with van der Waals surface area (Å²) in [5.74, 6) is 4.71. The van der Waals surface area contributed by atoms with E-state index in [-0.39, 0.29) is 0 Å². The van der Waals surface area contributed by atoms with Gasteiger partial charge in [0, 0.05) is 25.3 Å². The van der Waals surface area contributed by atoms with Crippen molar-refractivity contribution in [2.24, 2.45) is 11.7 Å². The standard InChI is InChI=1S/C15H20N8.C10H12S.C3H5NO/c1-10(2)23-9-16-12-13(19-11-7-17-18-8-11)20-15(21-14(12)23)22-5-3-4-6-22;1-2-4-9(5-3-1)6-10-7-11-8-10;1-2-3(4)5/h7-10H,3-6H2,1-2H3,(H,17,18)(H,19,20,21);1-5,10H,6-8H2;2H,1H2,(H2,4,5). The molecule has 39 heavy (non-hydrogen) atoms. The molecule has 0 aliphatic carbocycles. The van der Waals surface area contributed by atoms with E-state index in [4.69, 9.17) is 9.97 Å². The lowest BCUT2D eigenvalue weighted by molar-refractivity contribution is -0.113. The first-order valence-electron chi connectivity index (χ1n) is 13.2. The number of nitrogens with two attached hydrogens (primary N) is 1. The molecule has 1 amide bonds. The number of aromatic nitrogens is 6. The molecule has 11 heteroatoms. The Morgan fingerprint density at radius 2 is 1.95 bits per heavy atom. The number of nitrogens with zero attached hydrogens (tertiary/aromatic N) is 6. The van der Waals surface area contributed by atoms with Crippen LogP contribution in [-0.2, 0) is 11.2 Å². The Kier molecular flexibility index (Phi) is 9.96. The van der Waals surface area contributed by atoms with Crippen molar-refractivity contribution in [3.05, 3.63) is 67.3 Å². The van der Waals surface area contributed by atoms with Gasteiger partial charge in [0.2, 0.25) is 11.9 Å². The Morgan fingerprint density at radius 1 is 1.23 bits per heavy atom. The van der Waals surface area contributed by atoms with E-state index in [1.807, 2.05) is 6.33 Å². The topological polar surface area (TPSA) is 131 Å². The Balaban J connectivity index is 0.000000182. The van der Waals surface area contributed by atoms with Crippen LogP contribution in [0.1, 0.15) is 38.3 Å². The first-order valence-corrected chi connectivity index (χ1v) is 14.4. The molecule has 4 aromatic rings. The molecule has 2 aliphatic rings. The average molecular weight is 548 g/mol. The second-order valence-electron chi connectivity index (χ2n) is 9.80. The van der Waals surface area contributed by atoms with Gasteiger partial charge in [-0.15, -0.1) is 0 Å². The number of hydrogen-bond donors (Lipinski definition) is 3. The van der Waals surface area contributed by atoms with Crippen LogP contribution < -0.4 is 16.0 Å². The maximum atomic E-state index is 9.47. The summed E-state index contributed by atoms with van der Waals surface area (Å²) >= 11 is 2.06. The number of benzene rings is 1. The molecule has 10 nitrogen and oxygen atoms in total. The van der Waals surface area contributed by atoms with Crippen molar-refractivity contribution in [3.63, 3.8) is 0 Å². The number of fused-ring (bicyclic) bond motifs is 1. The summed E-state index contributed by atoms with van der Waals surface area (Å²) < 4.78 is 2.08. The van der Waals surface area contributed by atoms with Crippen molar-refractivity contribution < 1.29 is 4.79 Å². The summed E-state index contributed by atoms with van der Waals surface area (Å²) in [6.07, 6.45) is 10.1. The predicted octanol–water partition coefficient (Wildman–Crippen LogP) is 4.72. The minimum absolute atomic E-state index is 0.295. The molecule has 0 saturated carbocycles. The smallest absolute Gasteiger partial charge is 0.240 e. The van der Waals surface area contributed by atoms with Gasteiger partial charge in [0.05, 0.1) is 18.2 Å². The molecule has 0 atom stereocenters. The van der Waals surface area contributed by atoms with E-state index < -0.39 is 5.91 Å². The molecule has 6 rings (SSSR count). The number of aromatic amines is 1. The van der Waals surface area contributed by atoms with Crippen molar-refractivity contribution in [2.75, 3.05) is 34.8 Å². The Labute approximate surface area is 233 Å². The molecular formula is C28H37N9OS. The fraction of sp³-hybridized carbons (Fsp3) is 0.393. The monoisotopic (exact) mass is 547 g/mol. The van der Waals surface area contributed by atoms with Crippen LogP contribution in [-0.4, -0.2) is 60.2 Å². The van der Waals surface area contributed by atoms with Gasteiger partial charge in [0.25, 0.3) is 0 Å². The zero-order valence-corrected chi connectivity index (χ0v) is 23.4. The normalized spacial score (nSPS) is 14.7. The quantitative estimate of drug-likeness (QED) is 0.283. The molecule has 2 saturated heterocycles. The molecule has 0 bridgehead atoms. The Bertz CT molecular complexity index is 1330. The van der Waals surface area contributed by atoms with Crippen molar-refractivity contribution in [2.45, 2.75) is 39.2 Å². The van der Waals surface area contributed by atoms with Gasteiger partial charge in [0.1, 0.15) is 0 Å². The highest BCUT2D eigenvalue weighted by atomic mass is 32.2. The molecule has 2 fully saturated rings. The SMILES string of the molecule is C=CC(N)=O.CC(C)n1cnc2c(Nc3cn[nH]c3)nc(N3CCCC3)nc21.c1ccc(CC2CSC2)cc1. The number of H-pyrrole nitrogens is 1. The van der Waals surface area contributed by atoms with E-state index in [9.17, 15) is 4.79 Å². The highest BCUT2D eigenvalue weighted by molar-refractivity contribution is 8.00. The molecule has 2 aliphatic heterocycles. The van der Waals surface area contributed by atoms with E-state index in [2.05, 4.69) is 98.2 Å². The second kappa shape index (κ2) is 13.8. The number of imidazole rings is 1. The van der Waals surface area contributed by atoms with Gasteiger partial charge in [-0.3, -0.25) is 9.89 Å². The van der Waals surface area contributed by atoms with Crippen LogP contribution in [0.4, 0.5) is 17.5 Å². The van der Waals surface area contributed by atoms with Crippen molar-refractivity contribution in [3.8, 4) is 0 Å². The molecule has 4 N–H and O–H groups in total. The van der Waals surface area contributed by atoms with Crippen LogP contribution in [0.5, 0.6) is 0 Å². The van der Waals surface area contributed by atoms with Crippen LogP contribution in [0.3, 0.4) is 0 Å². The summed E-state index contributed by atoms with van der Waals surface area (Å²) in [4.78, 5) is 25.7. The first kappa shape index (κ1) is 28.2. The van der Waals surface area contributed by atoms with Crippen LogP contribution in [0.15, 0.2) is 61.7 Å². The van der Waals surface area contributed by atoms with Gasteiger partial charge in [-0.25, -0.2) is 4.98 Å². The second-order valence-corrected chi connectivity index (χ2v) is 10.9. The van der Waals surface area contributed by atoms with Crippen LogP contribution in [0.2, 0.25) is 0 Å². The zero-order valence-electron chi connectivity index (χ0n) is 22.6. The number of carbonyl (C=O) groups is 1. The highest BCUT2D eigenvalue weighted by Gasteiger charge is 2.21. The fourth-order valence-electron chi connectivity index (χ4n) is 4.23. The molecule has 5 heterocycles. The fourth-order valence-corrected chi connectivity index (χ4v) is 5.04. The minimum Gasteiger partial charge on any atom is -0.366 e. The van der Waals surface area contributed by atoms with Gasteiger partial charge < -0.3 is 20.5 Å². The van der Waals surface area contributed by atoms with E-state index in [1.54, 1.807) is 12.4 Å². The largest absolute Gasteiger partial charge is 0.366 e. The summed E-state index contributed by atoms with van der Waals surface area (Å²) in [5.41, 5.74) is 8.53. The number of hydrogen-bond acceptors (Lipinski definition) is 8.